The van der Waals surface area contributed by atoms with Gasteiger partial charge in [-0.2, -0.15) is 0 Å². The van der Waals surface area contributed by atoms with E-state index >= 15 is 0 Å². The number of phenols is 1. The van der Waals surface area contributed by atoms with Crippen molar-refractivity contribution in [3.8, 4) is 11.5 Å². The van der Waals surface area contributed by atoms with E-state index in [0.717, 1.165) is 15.9 Å². The number of aliphatic imine (C=N–C) groups is 1. The van der Waals surface area contributed by atoms with E-state index in [1.807, 2.05) is 24.3 Å². The Balaban J connectivity index is 2.32. The van der Waals surface area contributed by atoms with Crippen molar-refractivity contribution in [1.29, 1.82) is 0 Å². The highest BCUT2D eigenvalue weighted by atomic mass is 79.9. The van der Waals surface area contributed by atoms with Crippen LogP contribution in [0.3, 0.4) is 0 Å². The Morgan fingerprint density at radius 3 is 2.74 bits per heavy atom. The molecule has 0 heterocycles. The van der Waals surface area contributed by atoms with Crippen molar-refractivity contribution in [3.63, 3.8) is 0 Å². The van der Waals surface area contributed by atoms with E-state index in [4.69, 9.17) is 4.74 Å². The summed E-state index contributed by atoms with van der Waals surface area (Å²) in [7, 11) is 1.61. The minimum Gasteiger partial charge on any atom is -0.506 e. The molecule has 0 amide bonds. The highest BCUT2D eigenvalue weighted by Crippen LogP contribution is 2.31. The molecule has 19 heavy (non-hydrogen) atoms. The van der Waals surface area contributed by atoms with Crippen LogP contribution < -0.4 is 4.74 Å². The van der Waals surface area contributed by atoms with E-state index in [2.05, 4.69) is 36.9 Å². The van der Waals surface area contributed by atoms with Crippen molar-refractivity contribution in [2.45, 2.75) is 0 Å². The average Bonchev–Trinajstić information content (AvgIpc) is 2.41. The standard InChI is InChI=1S/C14H11Br2NO2/c1-19-12-4-2-3-11(7-12)17-8-9-5-10(15)6-13(16)14(9)18/h2-8,18H,1H3. The lowest BCUT2D eigenvalue weighted by Crippen LogP contribution is -1.85. The first-order valence-corrected chi connectivity index (χ1v) is 7.05. The number of phenolic OH excluding ortho intramolecular Hbond substituents is 1. The van der Waals surface area contributed by atoms with Crippen molar-refractivity contribution >= 4 is 43.8 Å². The summed E-state index contributed by atoms with van der Waals surface area (Å²) in [5.74, 6) is 0.907. The quantitative estimate of drug-likeness (QED) is 0.780. The Bertz CT molecular complexity index is 627. The molecule has 0 unspecified atom stereocenters. The maximum Gasteiger partial charge on any atom is 0.138 e. The maximum atomic E-state index is 9.92. The summed E-state index contributed by atoms with van der Waals surface area (Å²) in [5.41, 5.74) is 1.39. The Kier molecular flexibility index (Phi) is 4.61. The lowest BCUT2D eigenvalue weighted by Gasteiger charge is -2.03. The third kappa shape index (κ3) is 3.58. The average molecular weight is 385 g/mol. The summed E-state index contributed by atoms with van der Waals surface area (Å²) in [5, 5.41) is 9.92. The summed E-state index contributed by atoms with van der Waals surface area (Å²) in [6, 6.07) is 11.0. The Morgan fingerprint density at radius 1 is 1.21 bits per heavy atom. The van der Waals surface area contributed by atoms with Crippen LogP contribution in [0.15, 0.2) is 50.3 Å². The van der Waals surface area contributed by atoms with E-state index in [-0.39, 0.29) is 5.75 Å². The molecule has 98 valence electrons. The van der Waals surface area contributed by atoms with Gasteiger partial charge in [-0.05, 0) is 40.2 Å². The van der Waals surface area contributed by atoms with Crippen molar-refractivity contribution in [1.82, 2.24) is 0 Å². The van der Waals surface area contributed by atoms with Crippen LogP contribution in [0.5, 0.6) is 11.5 Å². The van der Waals surface area contributed by atoms with Gasteiger partial charge in [-0.3, -0.25) is 4.99 Å². The number of ether oxygens (including phenoxy) is 1. The van der Waals surface area contributed by atoms with Gasteiger partial charge in [0.2, 0.25) is 0 Å². The Morgan fingerprint density at radius 2 is 2.00 bits per heavy atom. The molecule has 5 heteroatoms. The monoisotopic (exact) mass is 383 g/mol. The second kappa shape index (κ2) is 6.21. The zero-order chi connectivity index (χ0) is 13.8. The number of aromatic hydroxyl groups is 1. The molecule has 2 aromatic carbocycles. The van der Waals surface area contributed by atoms with Crippen molar-refractivity contribution in [2.75, 3.05) is 7.11 Å². The topological polar surface area (TPSA) is 41.8 Å². The minimum absolute atomic E-state index is 0.162. The van der Waals surface area contributed by atoms with Gasteiger partial charge in [-0.1, -0.05) is 22.0 Å². The first-order valence-electron chi connectivity index (χ1n) is 5.46. The summed E-state index contributed by atoms with van der Waals surface area (Å²) in [4.78, 5) is 4.32. The third-order valence-electron chi connectivity index (χ3n) is 2.46. The SMILES string of the molecule is COc1cccc(N=Cc2cc(Br)cc(Br)c2O)c1. The van der Waals surface area contributed by atoms with Gasteiger partial charge >= 0.3 is 0 Å². The zero-order valence-corrected chi connectivity index (χ0v) is 13.3. The molecule has 0 aliphatic rings. The van der Waals surface area contributed by atoms with Gasteiger partial charge in [-0.25, -0.2) is 0 Å². The molecule has 0 atom stereocenters. The smallest absolute Gasteiger partial charge is 0.138 e. The predicted molar refractivity (Wildman–Crippen MR) is 83.8 cm³/mol. The van der Waals surface area contributed by atoms with Crippen LogP contribution in [0.2, 0.25) is 0 Å². The lowest BCUT2D eigenvalue weighted by atomic mass is 10.2. The largest absolute Gasteiger partial charge is 0.506 e. The van der Waals surface area contributed by atoms with Crippen molar-refractivity contribution in [2.24, 2.45) is 4.99 Å². The number of benzene rings is 2. The van der Waals surface area contributed by atoms with E-state index in [1.165, 1.54) is 0 Å². The minimum atomic E-state index is 0.162. The number of nitrogens with zero attached hydrogens (tertiary/aromatic N) is 1. The second-order valence-corrected chi connectivity index (χ2v) is 5.56. The lowest BCUT2D eigenvalue weighted by molar-refractivity contribution is 0.415. The second-order valence-electron chi connectivity index (χ2n) is 3.79. The number of hydrogen-bond acceptors (Lipinski definition) is 3. The van der Waals surface area contributed by atoms with Crippen LogP contribution in [0.4, 0.5) is 5.69 Å². The molecule has 0 spiro atoms. The van der Waals surface area contributed by atoms with Crippen LogP contribution in [0, 0.1) is 0 Å². The van der Waals surface area contributed by atoms with Crippen LogP contribution in [0.1, 0.15) is 5.56 Å². The normalized spacial score (nSPS) is 10.9. The Hall–Kier alpha value is -1.33. The maximum absolute atomic E-state index is 9.92. The molecule has 0 aliphatic carbocycles. The highest BCUT2D eigenvalue weighted by molar-refractivity contribution is 9.11. The molecule has 2 aromatic rings. The van der Waals surface area contributed by atoms with Gasteiger partial charge in [0.15, 0.2) is 0 Å². The molecule has 3 nitrogen and oxygen atoms in total. The predicted octanol–water partition coefficient (Wildman–Crippen LogP) is 4.68. The third-order valence-corrected chi connectivity index (χ3v) is 3.53. The van der Waals surface area contributed by atoms with Crippen molar-refractivity contribution in [3.05, 3.63) is 50.9 Å². The zero-order valence-electron chi connectivity index (χ0n) is 10.1. The first kappa shape index (κ1) is 14.1. The molecule has 0 fully saturated rings. The summed E-state index contributed by atoms with van der Waals surface area (Å²) in [6.45, 7) is 0. The van der Waals surface area contributed by atoms with E-state index in [0.29, 0.717) is 10.0 Å². The van der Waals surface area contributed by atoms with Gasteiger partial charge in [0.05, 0.1) is 17.3 Å². The van der Waals surface area contributed by atoms with Crippen LogP contribution >= 0.6 is 31.9 Å². The molecule has 0 saturated carbocycles. The number of rotatable bonds is 3. The summed E-state index contributed by atoms with van der Waals surface area (Å²) < 4.78 is 6.62. The van der Waals surface area contributed by atoms with Gasteiger partial charge in [-0.15, -0.1) is 0 Å². The molecule has 0 saturated heterocycles. The molecule has 1 N–H and O–H groups in total. The molecule has 0 aromatic heterocycles. The van der Waals surface area contributed by atoms with Crippen LogP contribution in [-0.2, 0) is 0 Å². The van der Waals surface area contributed by atoms with E-state index in [1.54, 1.807) is 25.5 Å². The van der Waals surface area contributed by atoms with Gasteiger partial charge in [0, 0.05) is 22.3 Å². The highest BCUT2D eigenvalue weighted by Gasteiger charge is 2.05. The van der Waals surface area contributed by atoms with Crippen molar-refractivity contribution < 1.29 is 9.84 Å². The first-order chi connectivity index (χ1) is 9.10. The van der Waals surface area contributed by atoms with Gasteiger partial charge in [0.25, 0.3) is 0 Å². The number of halogens is 2. The fourth-order valence-corrected chi connectivity index (χ4v) is 2.78. The van der Waals surface area contributed by atoms with Gasteiger partial charge in [0.1, 0.15) is 11.5 Å². The van der Waals surface area contributed by atoms with E-state index < -0.39 is 0 Å². The number of methoxy groups -OCH3 is 1. The van der Waals surface area contributed by atoms with Gasteiger partial charge < -0.3 is 9.84 Å². The molecule has 0 aliphatic heterocycles. The molecular weight excluding hydrogens is 374 g/mol. The molecular formula is C14H11Br2NO2. The fraction of sp³-hybridized carbons (Fsp3) is 0.0714. The number of hydrogen-bond donors (Lipinski definition) is 1. The Labute approximate surface area is 128 Å². The molecule has 0 bridgehead atoms. The molecule has 0 radical (unpaired) electrons. The van der Waals surface area contributed by atoms with Crippen LogP contribution in [-0.4, -0.2) is 18.4 Å². The molecule has 2 rings (SSSR count). The van der Waals surface area contributed by atoms with Crippen LogP contribution in [0.25, 0.3) is 0 Å². The summed E-state index contributed by atoms with van der Waals surface area (Å²) >= 11 is 6.66. The van der Waals surface area contributed by atoms with E-state index in [9.17, 15) is 5.11 Å². The fourth-order valence-electron chi connectivity index (χ4n) is 1.52. The summed E-state index contributed by atoms with van der Waals surface area (Å²) in [6.07, 6.45) is 1.61.